The Morgan fingerprint density at radius 1 is 0.559 bits per heavy atom. The standard InChI is InChI=1S/C20H26N6O2S2.C19H21ClN6O3S2.C16H16FN5OS.C16H18N6O2S2.7H2/c1-12-11-21-19(15-8-9-17(29-15)30(27,28)25-20(2,3)4)23-18(12)22-16-10-14(13-6-7-13)26(5)24-16;20-13-10-21-19(23-18(13)22-16-9-14(24-25-16)11-1-2-11)15-3-4-17(30-15)31(27,28)26-12-5-7-29-8-6-12;1-8(23)12-4-5-13(24-12)16-18-7-10(17)15(20-16)19-14-6-11(21-22-14)9-2-3-9;1-9-8-18-16(12-5-6-14(25-12)26(17,23)24)20-15(9)19-13-7-11(10-3-4-10)22(2)21-13;;;;;;;/h8-11,13,25H,6-7H2,1-5H3,(H,21,22,23,24);3-4,9-12,26H,1-2,5-8H2,(H2,21,22,23,24,25);4-9,23H,2-3H2,1H3,(H2,18,19,20,21,22);5-8,10H,3-4H2,1-2H3,(H2,17,23,24)(H,18,19,20,21);7*1H/t;;8-;;;;;;;;/m..0......../s1. The van der Waals surface area contributed by atoms with Gasteiger partial charge in [0.05, 0.1) is 38.0 Å². The molecule has 12 aromatic heterocycles. The van der Waals surface area contributed by atoms with Crippen molar-refractivity contribution in [2.24, 2.45) is 19.2 Å². The Kier molecular flexibility index (Phi) is 23.1. The van der Waals surface area contributed by atoms with Crippen molar-refractivity contribution in [1.29, 1.82) is 0 Å². The van der Waals surface area contributed by atoms with Gasteiger partial charge in [0.15, 0.2) is 64.0 Å². The van der Waals surface area contributed by atoms with Crippen molar-refractivity contribution in [3.05, 3.63) is 147 Å². The average Bonchev–Trinajstić information content (AvgIpc) is 1.65. The molecule has 1 atom stereocenters. The lowest BCUT2D eigenvalue weighted by atomic mass is 10.1. The van der Waals surface area contributed by atoms with Crippen LogP contribution >= 0.6 is 56.9 Å². The van der Waals surface area contributed by atoms with Crippen LogP contribution in [-0.4, -0.2) is 135 Å². The Morgan fingerprint density at radius 2 is 0.973 bits per heavy atom. The van der Waals surface area contributed by atoms with E-state index in [0.717, 1.165) is 97.0 Å². The fraction of sp³-hybridized carbons (Fsp3) is 0.380. The van der Waals surface area contributed by atoms with E-state index in [2.05, 4.69) is 107 Å². The van der Waals surface area contributed by atoms with Crippen LogP contribution in [0.5, 0.6) is 0 Å². The van der Waals surface area contributed by atoms with E-state index in [0.29, 0.717) is 122 Å². The molecule has 598 valence electrons. The molecule has 5 aliphatic rings. The van der Waals surface area contributed by atoms with Gasteiger partial charge in [-0.3, -0.25) is 19.6 Å². The van der Waals surface area contributed by atoms with Gasteiger partial charge >= 0.3 is 0 Å². The highest BCUT2D eigenvalue weighted by atomic mass is 35.5. The molecule has 5 fully saturated rings. The van der Waals surface area contributed by atoms with Gasteiger partial charge in [0.2, 0.25) is 20.0 Å². The maximum atomic E-state index is 14.0. The molecule has 12 aromatic rings. The van der Waals surface area contributed by atoms with E-state index < -0.39 is 47.5 Å². The lowest BCUT2D eigenvalue weighted by molar-refractivity contribution is 0.0832. The number of primary sulfonamides is 1. The Bertz CT molecular complexity index is 5750. The summed E-state index contributed by atoms with van der Waals surface area (Å²) in [7, 11) is -7.03. The number of halogens is 2. The third-order valence-corrected chi connectivity index (χ3v) is 28.4. The van der Waals surface area contributed by atoms with Gasteiger partial charge in [-0.05, 0) is 154 Å². The molecule has 0 radical (unpaired) electrons. The molecule has 11 N–H and O–H groups in total. The Hall–Kier alpha value is -8.97. The number of aromatic nitrogens is 16. The number of aromatic amines is 2. The highest BCUT2D eigenvalue weighted by Crippen LogP contribution is 2.44. The first kappa shape index (κ1) is 78.7. The van der Waals surface area contributed by atoms with E-state index in [1.807, 2.05) is 88.4 Å². The summed E-state index contributed by atoms with van der Waals surface area (Å²) in [5.74, 6) is 7.94. The van der Waals surface area contributed by atoms with Crippen molar-refractivity contribution >= 4 is 134 Å². The van der Waals surface area contributed by atoms with Crippen molar-refractivity contribution in [3.8, 4) is 42.8 Å². The van der Waals surface area contributed by atoms with Gasteiger partial charge in [0.1, 0.15) is 29.3 Å². The van der Waals surface area contributed by atoms with Crippen LogP contribution in [0.1, 0.15) is 170 Å². The molecule has 13 heterocycles. The van der Waals surface area contributed by atoms with Gasteiger partial charge < -0.3 is 31.1 Å². The number of rotatable bonds is 23. The summed E-state index contributed by atoms with van der Waals surface area (Å²) >= 11 is 11.0. The van der Waals surface area contributed by atoms with Crippen LogP contribution in [0.25, 0.3) is 42.8 Å². The average molecular weight is 1680 g/mol. The summed E-state index contributed by atoms with van der Waals surface area (Å²) in [5.41, 5.74) is 5.80. The zero-order valence-corrected chi connectivity index (χ0v) is 67.9. The van der Waals surface area contributed by atoms with Gasteiger partial charge in [0, 0.05) is 148 Å². The lowest BCUT2D eigenvalue weighted by Gasteiger charge is -2.22. The Balaban J connectivity index is 0.000000214. The van der Waals surface area contributed by atoms with Gasteiger partial charge in [-0.1, -0.05) is 11.6 Å². The lowest BCUT2D eigenvalue weighted by Crippen LogP contribution is -2.40. The number of thiophene rings is 4. The smallest absolute Gasteiger partial charge is 0.250 e. The monoisotopic (exact) mass is 1680 g/mol. The van der Waals surface area contributed by atoms with Crippen LogP contribution < -0.4 is 35.9 Å². The molecule has 17 rings (SSSR count). The molecule has 1 aliphatic heterocycles. The fourth-order valence-electron chi connectivity index (χ4n) is 11.6. The van der Waals surface area contributed by atoms with Crippen molar-refractivity contribution in [3.63, 3.8) is 0 Å². The highest BCUT2D eigenvalue weighted by Gasteiger charge is 2.32. The predicted molar refractivity (Wildman–Crippen MR) is 441 cm³/mol. The molecule has 40 heteroatoms. The molecule has 0 amide bonds. The third kappa shape index (κ3) is 20.1. The summed E-state index contributed by atoms with van der Waals surface area (Å²) in [4.78, 5) is 38.5. The zero-order chi connectivity index (χ0) is 78.3. The summed E-state index contributed by atoms with van der Waals surface area (Å²) in [5, 5.41) is 51.1. The topological polar surface area (TPSA) is 426 Å². The number of H-pyrrole nitrogens is 2. The third-order valence-electron chi connectivity index (χ3n) is 17.9. The number of nitrogens with two attached hydrogens (primary N) is 1. The number of ether oxygens (including phenoxy) is 1. The predicted octanol–water partition coefficient (Wildman–Crippen LogP) is 15.6. The maximum Gasteiger partial charge on any atom is 0.250 e. The summed E-state index contributed by atoms with van der Waals surface area (Å²) < 4.78 is 103. The molecular weight excluding hydrogens is 1580 g/mol. The van der Waals surface area contributed by atoms with E-state index in [1.165, 1.54) is 73.5 Å². The second kappa shape index (κ2) is 32.6. The number of nitrogens with one attached hydrogen (secondary N) is 8. The number of aliphatic hydroxyl groups is 1. The molecule has 4 saturated carbocycles. The number of hydrogen-bond donors (Lipinski definition) is 10. The van der Waals surface area contributed by atoms with Crippen molar-refractivity contribution < 1.29 is 49.5 Å². The fourth-order valence-corrected chi connectivity index (χ4v) is 19.6. The highest BCUT2D eigenvalue weighted by molar-refractivity contribution is 7.92. The number of anilines is 8. The summed E-state index contributed by atoms with van der Waals surface area (Å²) in [6, 6.07) is 21.2. The van der Waals surface area contributed by atoms with E-state index in [9.17, 15) is 34.8 Å². The molecule has 0 bridgehead atoms. The number of sulfonamides is 3. The first-order chi connectivity index (χ1) is 52.9. The van der Waals surface area contributed by atoms with Gasteiger partial charge in [0.25, 0.3) is 10.0 Å². The minimum atomic E-state index is -3.73. The van der Waals surface area contributed by atoms with E-state index in [1.54, 1.807) is 49.6 Å². The Labute approximate surface area is 671 Å². The van der Waals surface area contributed by atoms with Crippen LogP contribution in [0.3, 0.4) is 0 Å². The SMILES string of the molecule is C[C@H](O)c1ccc(-c2ncc(F)c(Nc3cc(C4CC4)[nH]n3)n2)s1.Cc1cnc(-c2ccc(S(=O)(=O)NC(C)(C)C)s2)nc1Nc1cc(C2CC2)n(C)n1.Cc1cnc(-c2ccc(S(N)(=O)=O)s2)nc1Nc1cc(C2CC2)n(C)n1.O=S(=O)(NC1CCOCC1)c1ccc(-c2ncc(Cl)c(Nc3cc(C4CC4)[nH]n3)n2)s1.[HH].[HH].[HH].[HH].[HH].[HH].[HH]. The number of hydrogen-bond acceptors (Lipinski definition) is 28. The summed E-state index contributed by atoms with van der Waals surface area (Å²) in [6.45, 7) is 12.1. The van der Waals surface area contributed by atoms with Gasteiger partial charge in [-0.15, -0.1) is 45.3 Å². The van der Waals surface area contributed by atoms with E-state index in [-0.39, 0.29) is 34.5 Å². The van der Waals surface area contributed by atoms with Crippen LogP contribution in [0.2, 0.25) is 5.02 Å². The van der Waals surface area contributed by atoms with E-state index in [4.69, 9.17) is 21.5 Å². The van der Waals surface area contributed by atoms with E-state index >= 15 is 0 Å². The molecule has 1 saturated heterocycles. The molecule has 0 aromatic carbocycles. The van der Waals surface area contributed by atoms with Crippen LogP contribution in [0.4, 0.5) is 50.9 Å². The largest absolute Gasteiger partial charge is 0.388 e. The molecule has 0 spiro atoms. The second-order valence-electron chi connectivity index (χ2n) is 28.5. The number of aliphatic hydroxyl groups excluding tert-OH is 1. The second-order valence-corrected chi connectivity index (χ2v) is 39.0. The number of nitrogens with zero attached hydrogens (tertiary/aromatic N) is 14. The van der Waals surface area contributed by atoms with Crippen molar-refractivity contribution in [1.82, 2.24) is 89.3 Å². The van der Waals surface area contributed by atoms with Crippen LogP contribution in [-0.2, 0) is 48.9 Å². The molecule has 0 unspecified atom stereocenters. The summed E-state index contributed by atoms with van der Waals surface area (Å²) in [6.07, 6.45) is 16.4. The first-order valence-corrected chi connectivity index (χ1v) is 43.8. The minimum absolute atomic E-state index is 0. The van der Waals surface area contributed by atoms with Crippen molar-refractivity contribution in [2.45, 2.75) is 160 Å². The Morgan fingerprint density at radius 3 is 1.43 bits per heavy atom. The van der Waals surface area contributed by atoms with Gasteiger partial charge in [-0.2, -0.15) is 20.4 Å². The van der Waals surface area contributed by atoms with Gasteiger partial charge in [-0.25, -0.2) is 84.1 Å². The normalized spacial score (nSPS) is 15.7. The van der Waals surface area contributed by atoms with Crippen LogP contribution in [0, 0.1) is 19.7 Å². The maximum absolute atomic E-state index is 14.0. The first-order valence-electron chi connectivity index (χ1n) is 35.7. The van der Waals surface area contributed by atoms with Crippen LogP contribution in [0.15, 0.2) is 110 Å². The molecular formula is C71H95ClFN23O8S7. The molecule has 111 heavy (non-hydrogen) atoms. The van der Waals surface area contributed by atoms with Crippen molar-refractivity contribution in [2.75, 3.05) is 34.5 Å². The number of aryl methyl sites for hydroxylation is 4. The minimum Gasteiger partial charge on any atom is -0.388 e. The molecule has 31 nitrogen and oxygen atoms in total. The molecule has 4 aliphatic carbocycles. The quantitative estimate of drug-likeness (QED) is 0.0284. The zero-order valence-electron chi connectivity index (χ0n) is 61.4.